The molecule has 4 aromatic rings. The minimum absolute atomic E-state index is 0.0447. The van der Waals surface area contributed by atoms with Gasteiger partial charge in [0.1, 0.15) is 17.9 Å². The van der Waals surface area contributed by atoms with Crippen molar-refractivity contribution in [2.75, 3.05) is 6.61 Å². The number of nitrogens with two attached hydrogens (primary N) is 1. The third-order valence-electron chi connectivity index (χ3n) is 5.35. The number of benzene rings is 2. The molecule has 0 radical (unpaired) electrons. The second-order valence-electron chi connectivity index (χ2n) is 7.61. The first-order valence-corrected chi connectivity index (χ1v) is 11.7. The Labute approximate surface area is 191 Å². The quantitative estimate of drug-likeness (QED) is 0.305. The van der Waals surface area contributed by atoms with Crippen LogP contribution in [0.25, 0.3) is 22.1 Å². The van der Waals surface area contributed by atoms with Crippen LogP contribution in [0, 0.1) is 0 Å². The SMILES string of the molecule is CCOC(=O)Cc1ccccc1OCc1cc(-c2csc(C(N)CC)c2)c2occc2c1. The molecular formula is C26H27NO4S. The van der Waals surface area contributed by atoms with Crippen molar-refractivity contribution in [1.29, 1.82) is 0 Å². The van der Waals surface area contributed by atoms with Gasteiger partial charge in [0.25, 0.3) is 0 Å². The zero-order valence-electron chi connectivity index (χ0n) is 18.3. The molecule has 0 aliphatic heterocycles. The van der Waals surface area contributed by atoms with E-state index in [0.717, 1.165) is 44.5 Å². The highest BCUT2D eigenvalue weighted by molar-refractivity contribution is 7.10. The molecule has 0 spiro atoms. The van der Waals surface area contributed by atoms with Crippen LogP contribution in [0.1, 0.15) is 42.3 Å². The maximum Gasteiger partial charge on any atom is 0.310 e. The molecule has 2 aromatic carbocycles. The molecule has 2 aromatic heterocycles. The highest BCUT2D eigenvalue weighted by Gasteiger charge is 2.15. The van der Waals surface area contributed by atoms with Gasteiger partial charge in [0.15, 0.2) is 0 Å². The molecule has 166 valence electrons. The second kappa shape index (κ2) is 10.0. The summed E-state index contributed by atoms with van der Waals surface area (Å²) in [6.07, 6.45) is 2.79. The van der Waals surface area contributed by atoms with Crippen molar-refractivity contribution < 1.29 is 18.7 Å². The summed E-state index contributed by atoms with van der Waals surface area (Å²) < 4.78 is 17.0. The number of ether oxygens (including phenoxy) is 2. The first-order chi connectivity index (χ1) is 15.6. The average molecular weight is 450 g/mol. The number of carbonyl (C=O) groups excluding carboxylic acids is 1. The van der Waals surface area contributed by atoms with Gasteiger partial charge in [-0.3, -0.25) is 4.79 Å². The van der Waals surface area contributed by atoms with Gasteiger partial charge < -0.3 is 19.6 Å². The van der Waals surface area contributed by atoms with Gasteiger partial charge in [-0.1, -0.05) is 25.1 Å². The third kappa shape index (κ3) is 4.87. The van der Waals surface area contributed by atoms with Crippen LogP contribution in [0.3, 0.4) is 0 Å². The molecule has 1 atom stereocenters. The van der Waals surface area contributed by atoms with E-state index in [2.05, 4.69) is 30.5 Å². The minimum Gasteiger partial charge on any atom is -0.489 e. The van der Waals surface area contributed by atoms with E-state index in [1.807, 2.05) is 30.3 Å². The fourth-order valence-electron chi connectivity index (χ4n) is 3.65. The van der Waals surface area contributed by atoms with E-state index in [1.165, 1.54) is 0 Å². The van der Waals surface area contributed by atoms with Crippen molar-refractivity contribution in [2.45, 2.75) is 39.3 Å². The summed E-state index contributed by atoms with van der Waals surface area (Å²) in [5, 5.41) is 3.15. The van der Waals surface area contributed by atoms with Crippen LogP contribution in [-0.2, 0) is 22.6 Å². The van der Waals surface area contributed by atoms with Crippen molar-refractivity contribution >= 4 is 28.3 Å². The van der Waals surface area contributed by atoms with E-state index < -0.39 is 0 Å². The predicted octanol–water partition coefficient (Wildman–Crippen LogP) is 6.26. The Hall–Kier alpha value is -3.09. The van der Waals surface area contributed by atoms with Crippen molar-refractivity contribution in [3.8, 4) is 16.9 Å². The maximum absolute atomic E-state index is 11.9. The number of carbonyl (C=O) groups is 1. The lowest BCUT2D eigenvalue weighted by molar-refractivity contribution is -0.142. The van der Waals surface area contributed by atoms with Crippen LogP contribution in [0.5, 0.6) is 5.75 Å². The molecule has 0 saturated heterocycles. The smallest absolute Gasteiger partial charge is 0.310 e. The molecule has 6 heteroatoms. The van der Waals surface area contributed by atoms with Gasteiger partial charge in [-0.2, -0.15) is 0 Å². The Kier molecular flexibility index (Phi) is 6.93. The molecule has 5 nitrogen and oxygen atoms in total. The van der Waals surface area contributed by atoms with Crippen LogP contribution in [0.4, 0.5) is 0 Å². The van der Waals surface area contributed by atoms with E-state index in [4.69, 9.17) is 19.6 Å². The van der Waals surface area contributed by atoms with Crippen molar-refractivity contribution in [1.82, 2.24) is 0 Å². The monoisotopic (exact) mass is 449 g/mol. The van der Waals surface area contributed by atoms with Crippen LogP contribution < -0.4 is 10.5 Å². The van der Waals surface area contributed by atoms with Crippen LogP contribution >= 0.6 is 11.3 Å². The van der Waals surface area contributed by atoms with Crippen LogP contribution in [0.2, 0.25) is 0 Å². The van der Waals surface area contributed by atoms with Gasteiger partial charge in [-0.25, -0.2) is 0 Å². The third-order valence-corrected chi connectivity index (χ3v) is 6.42. The molecule has 2 N–H and O–H groups in total. The molecule has 0 aliphatic rings. The summed E-state index contributed by atoms with van der Waals surface area (Å²) in [5.74, 6) is 0.422. The molecule has 32 heavy (non-hydrogen) atoms. The summed E-state index contributed by atoms with van der Waals surface area (Å²) in [7, 11) is 0. The van der Waals surface area contributed by atoms with Gasteiger partial charge >= 0.3 is 5.97 Å². The molecule has 0 saturated carbocycles. The number of esters is 1. The Morgan fingerprint density at radius 1 is 1.16 bits per heavy atom. The molecule has 0 aliphatic carbocycles. The van der Waals surface area contributed by atoms with E-state index in [1.54, 1.807) is 24.5 Å². The Bertz CT molecular complexity index is 1210. The number of thiophene rings is 1. The van der Waals surface area contributed by atoms with Crippen molar-refractivity contribution in [3.63, 3.8) is 0 Å². The topological polar surface area (TPSA) is 74.7 Å². The average Bonchev–Trinajstić information content (AvgIpc) is 3.47. The van der Waals surface area contributed by atoms with E-state index in [-0.39, 0.29) is 18.4 Å². The summed E-state index contributed by atoms with van der Waals surface area (Å²) in [6, 6.07) is 15.9. The van der Waals surface area contributed by atoms with Crippen molar-refractivity contribution in [2.24, 2.45) is 5.73 Å². The first kappa shape index (κ1) is 22.1. The summed E-state index contributed by atoms with van der Waals surface area (Å²) >= 11 is 1.67. The molecular weight excluding hydrogens is 422 g/mol. The van der Waals surface area contributed by atoms with E-state index in [9.17, 15) is 4.79 Å². The van der Waals surface area contributed by atoms with Crippen LogP contribution in [0.15, 0.2) is 64.6 Å². The van der Waals surface area contributed by atoms with Crippen LogP contribution in [-0.4, -0.2) is 12.6 Å². The van der Waals surface area contributed by atoms with E-state index >= 15 is 0 Å². The summed E-state index contributed by atoms with van der Waals surface area (Å²) in [4.78, 5) is 13.1. The molecule has 0 bridgehead atoms. The lowest BCUT2D eigenvalue weighted by Gasteiger charge is -2.12. The van der Waals surface area contributed by atoms with Gasteiger partial charge in [-0.05, 0) is 60.2 Å². The van der Waals surface area contributed by atoms with E-state index in [0.29, 0.717) is 19.0 Å². The second-order valence-corrected chi connectivity index (χ2v) is 8.56. The number of para-hydroxylation sites is 1. The molecule has 2 heterocycles. The highest BCUT2D eigenvalue weighted by atomic mass is 32.1. The maximum atomic E-state index is 11.9. The minimum atomic E-state index is -0.260. The fraction of sp³-hybridized carbons (Fsp3) is 0.269. The summed E-state index contributed by atoms with van der Waals surface area (Å²) in [5.41, 5.74) is 11.0. The molecule has 0 fully saturated rings. The lowest BCUT2D eigenvalue weighted by atomic mass is 10.0. The summed E-state index contributed by atoms with van der Waals surface area (Å²) in [6.45, 7) is 4.63. The highest BCUT2D eigenvalue weighted by Crippen LogP contribution is 2.36. The van der Waals surface area contributed by atoms with Gasteiger partial charge in [-0.15, -0.1) is 11.3 Å². The largest absolute Gasteiger partial charge is 0.489 e. The molecule has 0 amide bonds. The Balaban J connectivity index is 1.59. The first-order valence-electron chi connectivity index (χ1n) is 10.8. The molecule has 1 unspecified atom stereocenters. The Morgan fingerprint density at radius 3 is 2.81 bits per heavy atom. The van der Waals surface area contributed by atoms with Gasteiger partial charge in [0.2, 0.25) is 0 Å². The number of rotatable bonds is 9. The zero-order valence-corrected chi connectivity index (χ0v) is 19.1. The van der Waals surface area contributed by atoms with Crippen molar-refractivity contribution in [3.05, 3.63) is 76.2 Å². The predicted molar refractivity (Wildman–Crippen MR) is 128 cm³/mol. The molecule has 4 rings (SSSR count). The normalized spacial score (nSPS) is 12.1. The number of hydrogen-bond acceptors (Lipinski definition) is 6. The fourth-order valence-corrected chi connectivity index (χ4v) is 4.65. The number of hydrogen-bond donors (Lipinski definition) is 1. The van der Waals surface area contributed by atoms with Gasteiger partial charge in [0.05, 0.1) is 19.3 Å². The lowest BCUT2D eigenvalue weighted by Crippen LogP contribution is -2.09. The standard InChI is InChI=1S/C26H27NO4S/c1-3-22(27)24-13-20(16-32-24)21-12-17(11-19-9-10-30-26(19)21)15-31-23-8-6-5-7-18(23)14-25(28)29-4-2/h5-13,16,22H,3-4,14-15,27H2,1-2H3. The number of fused-ring (bicyclic) bond motifs is 1. The van der Waals surface area contributed by atoms with Gasteiger partial charge in [0, 0.05) is 27.4 Å². The number of furan rings is 1. The Morgan fingerprint density at radius 2 is 2.00 bits per heavy atom. The zero-order chi connectivity index (χ0) is 22.5.